The molecule has 0 aromatic rings. The minimum Gasteiger partial charge on any atom is -0.407 e. The van der Waals surface area contributed by atoms with Crippen LogP contribution in [0.3, 0.4) is 0 Å². The normalized spacial score (nSPS) is 7.64. The van der Waals surface area contributed by atoms with Crippen molar-refractivity contribution in [2.75, 3.05) is 20.4 Å². The molecule has 0 saturated carbocycles. The Morgan fingerprint density at radius 3 is 1.45 bits per heavy atom. The van der Waals surface area contributed by atoms with E-state index in [-0.39, 0.29) is 0 Å². The Balaban J connectivity index is 0. The van der Waals surface area contributed by atoms with Gasteiger partial charge in [0, 0.05) is 0 Å². The van der Waals surface area contributed by atoms with Crippen LogP contribution in [0.25, 0.3) is 0 Å². The predicted octanol–water partition coefficient (Wildman–Crippen LogP) is -2.03. The maximum Gasteiger partial charge on any atom is 0.512 e. The fourth-order valence-electron chi connectivity index (χ4n) is 0.147. The van der Waals surface area contributed by atoms with Gasteiger partial charge in [0.2, 0.25) is 0 Å². The molecule has 0 rings (SSSR count). The van der Waals surface area contributed by atoms with Crippen LogP contribution >= 0.6 is 0 Å². The SMILES string of the molecule is O=C(OCO)OCO.OCO. The molecule has 0 aromatic heterocycles. The van der Waals surface area contributed by atoms with Gasteiger partial charge < -0.3 is 29.9 Å². The molecule has 0 atom stereocenters. The fourth-order valence-corrected chi connectivity index (χ4v) is 0.147. The topological polar surface area (TPSA) is 116 Å². The maximum absolute atomic E-state index is 9.88. The lowest BCUT2D eigenvalue weighted by Crippen LogP contribution is -2.08. The average molecular weight is 170 g/mol. The highest BCUT2D eigenvalue weighted by Crippen LogP contribution is 1.79. The number of hydrogen-bond donors (Lipinski definition) is 4. The van der Waals surface area contributed by atoms with Gasteiger partial charge in [-0.05, 0) is 0 Å². The van der Waals surface area contributed by atoms with Crippen molar-refractivity contribution in [3.05, 3.63) is 0 Å². The van der Waals surface area contributed by atoms with Gasteiger partial charge in [0.1, 0.15) is 6.79 Å². The van der Waals surface area contributed by atoms with Crippen molar-refractivity contribution >= 4 is 6.16 Å². The summed E-state index contributed by atoms with van der Waals surface area (Å²) in [6.45, 7) is -2.22. The van der Waals surface area contributed by atoms with Crippen molar-refractivity contribution < 1.29 is 34.7 Å². The van der Waals surface area contributed by atoms with E-state index in [0.29, 0.717) is 0 Å². The predicted molar refractivity (Wildman–Crippen MR) is 31.0 cm³/mol. The first-order chi connectivity index (χ1) is 5.22. The van der Waals surface area contributed by atoms with Crippen molar-refractivity contribution in [1.29, 1.82) is 0 Å². The standard InChI is InChI=1S/C3H6O5.CH4O2/c4-1-7-3(6)8-2-5;2-1-3/h4-5H,1-2H2;2-3H,1H2. The van der Waals surface area contributed by atoms with E-state index in [0.717, 1.165) is 0 Å². The second-order valence-corrected chi connectivity index (χ2v) is 0.938. The molecule has 0 heterocycles. The van der Waals surface area contributed by atoms with Crippen LogP contribution < -0.4 is 0 Å². The minimum atomic E-state index is -1.09. The Kier molecular flexibility index (Phi) is 13.7. The highest BCUT2D eigenvalue weighted by atomic mass is 16.8. The van der Waals surface area contributed by atoms with Crippen LogP contribution in [0.2, 0.25) is 0 Å². The van der Waals surface area contributed by atoms with Crippen LogP contribution in [-0.2, 0) is 9.47 Å². The molecule has 0 amide bonds. The molecule has 0 spiro atoms. The summed E-state index contributed by atoms with van der Waals surface area (Å²) in [6.07, 6.45) is -1.09. The van der Waals surface area contributed by atoms with Gasteiger partial charge in [-0.25, -0.2) is 4.79 Å². The molecule has 0 aliphatic heterocycles. The second kappa shape index (κ2) is 11.9. The summed E-state index contributed by atoms with van der Waals surface area (Å²) in [4.78, 5) is 9.88. The fraction of sp³-hybridized carbons (Fsp3) is 0.750. The van der Waals surface area contributed by atoms with Crippen molar-refractivity contribution in [3.63, 3.8) is 0 Å². The molecule has 0 aliphatic rings. The van der Waals surface area contributed by atoms with Crippen LogP contribution in [0.5, 0.6) is 0 Å². The van der Waals surface area contributed by atoms with E-state index in [2.05, 4.69) is 9.47 Å². The number of carbonyl (C=O) groups excluding carboxylic acids is 1. The Labute approximate surface area is 62.4 Å². The van der Waals surface area contributed by atoms with E-state index >= 15 is 0 Å². The van der Waals surface area contributed by atoms with Crippen LogP contribution in [0.4, 0.5) is 4.79 Å². The zero-order chi connectivity index (χ0) is 9.11. The molecule has 0 bridgehead atoms. The summed E-state index contributed by atoms with van der Waals surface area (Å²) in [5, 5.41) is 30.0. The van der Waals surface area contributed by atoms with E-state index in [1.54, 1.807) is 0 Å². The third-order valence-electron chi connectivity index (χ3n) is 0.365. The Bertz CT molecular complexity index is 74.5. The van der Waals surface area contributed by atoms with Gasteiger partial charge in [-0.15, -0.1) is 0 Å². The summed E-state index contributed by atoms with van der Waals surface area (Å²) < 4.78 is 7.63. The van der Waals surface area contributed by atoms with E-state index in [9.17, 15) is 4.79 Å². The quantitative estimate of drug-likeness (QED) is 0.279. The van der Waals surface area contributed by atoms with Crippen LogP contribution in [0.1, 0.15) is 0 Å². The molecule has 0 aliphatic carbocycles. The van der Waals surface area contributed by atoms with Gasteiger partial charge in [0.05, 0.1) is 0 Å². The molecule has 0 saturated heterocycles. The smallest absolute Gasteiger partial charge is 0.407 e. The van der Waals surface area contributed by atoms with Gasteiger partial charge in [0.25, 0.3) is 0 Å². The monoisotopic (exact) mass is 170 g/mol. The van der Waals surface area contributed by atoms with Crippen molar-refractivity contribution in [3.8, 4) is 0 Å². The Morgan fingerprint density at radius 1 is 1.00 bits per heavy atom. The molecule has 7 nitrogen and oxygen atoms in total. The number of aliphatic hydroxyl groups is 4. The summed E-state index contributed by atoms with van der Waals surface area (Å²) in [6, 6.07) is 0. The summed E-state index contributed by atoms with van der Waals surface area (Å²) in [7, 11) is 0. The Hall–Kier alpha value is -0.890. The molecule has 7 heteroatoms. The highest BCUT2D eigenvalue weighted by molar-refractivity contribution is 5.59. The van der Waals surface area contributed by atoms with Crippen LogP contribution in [0.15, 0.2) is 0 Å². The lowest BCUT2D eigenvalue weighted by Gasteiger charge is -1.97. The maximum atomic E-state index is 9.88. The highest BCUT2D eigenvalue weighted by Gasteiger charge is 1.97. The molecule has 11 heavy (non-hydrogen) atoms. The van der Waals surface area contributed by atoms with Gasteiger partial charge in [-0.3, -0.25) is 0 Å². The third-order valence-corrected chi connectivity index (χ3v) is 0.365. The summed E-state index contributed by atoms with van der Waals surface area (Å²) in [5.74, 6) is 0. The number of rotatable bonds is 2. The lowest BCUT2D eigenvalue weighted by atomic mass is 11.2. The summed E-state index contributed by atoms with van der Waals surface area (Å²) in [5.41, 5.74) is 0. The van der Waals surface area contributed by atoms with Gasteiger partial charge in [-0.1, -0.05) is 0 Å². The number of aliphatic hydroxyl groups excluding tert-OH is 3. The molecule has 0 unspecified atom stereocenters. The van der Waals surface area contributed by atoms with E-state index < -0.39 is 26.5 Å². The second-order valence-electron chi connectivity index (χ2n) is 0.938. The zero-order valence-electron chi connectivity index (χ0n) is 5.63. The largest absolute Gasteiger partial charge is 0.512 e. The lowest BCUT2D eigenvalue weighted by molar-refractivity contribution is -0.0389. The number of carbonyl (C=O) groups is 1. The van der Waals surface area contributed by atoms with E-state index in [4.69, 9.17) is 20.4 Å². The first-order valence-electron chi connectivity index (χ1n) is 2.45. The van der Waals surface area contributed by atoms with E-state index in [1.165, 1.54) is 0 Å². The molecule has 0 aromatic carbocycles. The van der Waals surface area contributed by atoms with Crippen molar-refractivity contribution in [2.24, 2.45) is 0 Å². The van der Waals surface area contributed by atoms with Crippen molar-refractivity contribution in [1.82, 2.24) is 0 Å². The van der Waals surface area contributed by atoms with Gasteiger partial charge >= 0.3 is 6.16 Å². The van der Waals surface area contributed by atoms with Gasteiger partial charge in [-0.2, -0.15) is 0 Å². The van der Waals surface area contributed by atoms with Crippen LogP contribution in [-0.4, -0.2) is 47.0 Å². The number of ether oxygens (including phenoxy) is 2. The molecule has 68 valence electrons. The molecule has 0 fully saturated rings. The molecule has 0 radical (unpaired) electrons. The minimum absolute atomic E-state index is 0.737. The number of hydrogen-bond acceptors (Lipinski definition) is 7. The first kappa shape index (κ1) is 12.8. The van der Waals surface area contributed by atoms with Crippen LogP contribution in [0, 0.1) is 0 Å². The zero-order valence-corrected chi connectivity index (χ0v) is 5.63. The Morgan fingerprint density at radius 2 is 1.27 bits per heavy atom. The van der Waals surface area contributed by atoms with E-state index in [1.807, 2.05) is 0 Å². The van der Waals surface area contributed by atoms with Crippen molar-refractivity contribution in [2.45, 2.75) is 0 Å². The van der Waals surface area contributed by atoms with Gasteiger partial charge in [0.15, 0.2) is 13.6 Å². The first-order valence-corrected chi connectivity index (χ1v) is 2.45. The summed E-state index contributed by atoms with van der Waals surface area (Å²) >= 11 is 0. The molecule has 4 N–H and O–H groups in total. The molecular formula is C4H10O7. The third kappa shape index (κ3) is 17.6. The molecular weight excluding hydrogens is 160 g/mol. The average Bonchev–Trinajstić information content (AvgIpc) is 1.90.